The zero-order valence-corrected chi connectivity index (χ0v) is 17.1. The fourth-order valence-electron chi connectivity index (χ4n) is 3.66. The Morgan fingerprint density at radius 2 is 1.97 bits per heavy atom. The van der Waals surface area contributed by atoms with Crippen molar-refractivity contribution >= 4 is 34.4 Å². The van der Waals surface area contributed by atoms with E-state index in [1.54, 1.807) is 19.9 Å². The Hall–Kier alpha value is -2.54. The Morgan fingerprint density at radius 1 is 1.28 bits per heavy atom. The van der Waals surface area contributed by atoms with E-state index in [2.05, 4.69) is 5.32 Å². The number of carboxylic acid groups (broad SMARTS) is 1. The highest BCUT2D eigenvalue weighted by Crippen LogP contribution is 2.32. The van der Waals surface area contributed by atoms with Gasteiger partial charge in [0.15, 0.2) is 6.10 Å². The van der Waals surface area contributed by atoms with Crippen molar-refractivity contribution in [3.8, 4) is 5.75 Å². The van der Waals surface area contributed by atoms with Crippen LogP contribution in [0.1, 0.15) is 38.2 Å². The van der Waals surface area contributed by atoms with E-state index >= 15 is 0 Å². The SMILES string of the molecule is Cc1cc(=O)oc2cc(O[C@H](C)C(=O)NCC3CCC(C(=O)O)CC3)c(Cl)cc12. The van der Waals surface area contributed by atoms with E-state index in [9.17, 15) is 14.4 Å². The molecule has 1 aromatic heterocycles. The summed E-state index contributed by atoms with van der Waals surface area (Å²) in [4.78, 5) is 35.0. The van der Waals surface area contributed by atoms with Gasteiger partial charge < -0.3 is 19.6 Å². The number of benzene rings is 1. The first-order valence-electron chi connectivity index (χ1n) is 9.65. The minimum absolute atomic E-state index is 0.262. The van der Waals surface area contributed by atoms with E-state index in [0.717, 1.165) is 18.4 Å². The molecule has 0 saturated heterocycles. The van der Waals surface area contributed by atoms with E-state index in [-0.39, 0.29) is 23.5 Å². The number of carbonyl (C=O) groups excluding carboxylic acids is 1. The molecule has 0 spiro atoms. The summed E-state index contributed by atoms with van der Waals surface area (Å²) in [5, 5.41) is 12.9. The highest BCUT2D eigenvalue weighted by molar-refractivity contribution is 6.32. The van der Waals surface area contributed by atoms with Gasteiger partial charge in [0.2, 0.25) is 0 Å². The monoisotopic (exact) mass is 421 g/mol. The van der Waals surface area contributed by atoms with Crippen molar-refractivity contribution in [3.05, 3.63) is 39.2 Å². The van der Waals surface area contributed by atoms with Gasteiger partial charge in [0.25, 0.3) is 5.91 Å². The highest BCUT2D eigenvalue weighted by atomic mass is 35.5. The minimum Gasteiger partial charge on any atom is -0.481 e. The van der Waals surface area contributed by atoms with Gasteiger partial charge in [0, 0.05) is 24.1 Å². The maximum atomic E-state index is 12.4. The molecule has 2 N–H and O–H groups in total. The number of aliphatic carboxylic acids is 1. The van der Waals surface area contributed by atoms with Crippen LogP contribution in [0.25, 0.3) is 11.0 Å². The number of carbonyl (C=O) groups is 2. The lowest BCUT2D eigenvalue weighted by atomic mass is 9.82. The Morgan fingerprint density at radius 3 is 2.62 bits per heavy atom. The second-order valence-corrected chi connectivity index (χ2v) is 8.00. The van der Waals surface area contributed by atoms with Gasteiger partial charge in [-0.3, -0.25) is 9.59 Å². The second kappa shape index (κ2) is 8.86. The molecule has 1 amide bonds. The number of hydrogen-bond acceptors (Lipinski definition) is 5. The van der Waals surface area contributed by atoms with E-state index in [0.29, 0.717) is 35.4 Å². The molecule has 7 nitrogen and oxygen atoms in total. The molecule has 3 rings (SSSR count). The summed E-state index contributed by atoms with van der Waals surface area (Å²) in [6.45, 7) is 3.89. The molecular weight excluding hydrogens is 398 g/mol. The van der Waals surface area contributed by atoms with Gasteiger partial charge >= 0.3 is 11.6 Å². The number of aryl methyl sites for hydroxylation is 1. The summed E-state index contributed by atoms with van der Waals surface area (Å²) in [5.41, 5.74) is 0.622. The van der Waals surface area contributed by atoms with Gasteiger partial charge in [-0.1, -0.05) is 11.6 Å². The smallest absolute Gasteiger partial charge is 0.336 e. The molecule has 1 aromatic carbocycles. The van der Waals surface area contributed by atoms with Gasteiger partial charge in [-0.2, -0.15) is 0 Å². The summed E-state index contributed by atoms with van der Waals surface area (Å²) in [6, 6.07) is 4.55. The number of nitrogens with one attached hydrogen (secondary N) is 1. The fraction of sp³-hybridized carbons (Fsp3) is 0.476. The molecule has 8 heteroatoms. The van der Waals surface area contributed by atoms with Crippen molar-refractivity contribution in [2.45, 2.75) is 45.6 Å². The van der Waals surface area contributed by atoms with Crippen LogP contribution in [-0.4, -0.2) is 29.6 Å². The molecule has 1 saturated carbocycles. The van der Waals surface area contributed by atoms with Crippen molar-refractivity contribution in [2.75, 3.05) is 6.54 Å². The third-order valence-electron chi connectivity index (χ3n) is 5.44. The molecule has 1 atom stereocenters. The second-order valence-electron chi connectivity index (χ2n) is 7.59. The molecule has 1 heterocycles. The van der Waals surface area contributed by atoms with Crippen LogP contribution >= 0.6 is 11.6 Å². The molecule has 0 radical (unpaired) electrons. The van der Waals surface area contributed by atoms with Crippen molar-refractivity contribution in [1.29, 1.82) is 0 Å². The van der Waals surface area contributed by atoms with E-state index in [1.807, 2.05) is 0 Å². The van der Waals surface area contributed by atoms with Crippen molar-refractivity contribution in [2.24, 2.45) is 11.8 Å². The molecular formula is C21H24ClNO6. The standard InChI is InChI=1S/C21H24ClNO6/c1-11-7-19(24)29-17-9-18(16(22)8-15(11)17)28-12(2)20(25)23-10-13-3-5-14(6-4-13)21(26)27/h7-9,12-14H,3-6,10H2,1-2H3,(H,23,25)(H,26,27)/t12-,13?,14?/m1/s1. The molecule has 2 aromatic rings. The molecule has 29 heavy (non-hydrogen) atoms. The molecule has 0 unspecified atom stereocenters. The van der Waals surface area contributed by atoms with Gasteiger partial charge in [-0.25, -0.2) is 4.79 Å². The zero-order chi connectivity index (χ0) is 21.1. The van der Waals surface area contributed by atoms with Gasteiger partial charge in [0.05, 0.1) is 10.9 Å². The van der Waals surface area contributed by atoms with Crippen LogP contribution in [0, 0.1) is 18.8 Å². The molecule has 0 bridgehead atoms. The van der Waals surface area contributed by atoms with Crippen LogP contribution in [0.2, 0.25) is 5.02 Å². The highest BCUT2D eigenvalue weighted by Gasteiger charge is 2.26. The minimum atomic E-state index is -0.795. The quantitative estimate of drug-likeness (QED) is 0.691. The van der Waals surface area contributed by atoms with Gasteiger partial charge in [0.1, 0.15) is 11.3 Å². The first-order chi connectivity index (χ1) is 13.7. The van der Waals surface area contributed by atoms with E-state index < -0.39 is 17.7 Å². The van der Waals surface area contributed by atoms with Crippen molar-refractivity contribution < 1.29 is 23.8 Å². The number of halogens is 1. The molecule has 1 aliphatic rings. The van der Waals surface area contributed by atoms with Crippen LogP contribution in [0.3, 0.4) is 0 Å². The van der Waals surface area contributed by atoms with Gasteiger partial charge in [-0.15, -0.1) is 0 Å². The topological polar surface area (TPSA) is 106 Å². The summed E-state index contributed by atoms with van der Waals surface area (Å²) < 4.78 is 10.9. The Balaban J connectivity index is 1.59. The number of ether oxygens (including phenoxy) is 1. The van der Waals surface area contributed by atoms with Crippen LogP contribution in [0.5, 0.6) is 5.75 Å². The maximum Gasteiger partial charge on any atom is 0.336 e. The number of rotatable bonds is 6. The Kier molecular flexibility index (Phi) is 6.47. The van der Waals surface area contributed by atoms with Crippen LogP contribution in [-0.2, 0) is 9.59 Å². The third-order valence-corrected chi connectivity index (χ3v) is 5.73. The fourth-order valence-corrected chi connectivity index (χ4v) is 3.86. The first-order valence-corrected chi connectivity index (χ1v) is 10.0. The van der Waals surface area contributed by atoms with Crippen LogP contribution in [0.4, 0.5) is 0 Å². The van der Waals surface area contributed by atoms with Crippen LogP contribution < -0.4 is 15.7 Å². The molecule has 156 valence electrons. The predicted molar refractivity (Wildman–Crippen MR) is 108 cm³/mol. The lowest BCUT2D eigenvalue weighted by Gasteiger charge is -2.26. The zero-order valence-electron chi connectivity index (χ0n) is 16.4. The number of amides is 1. The maximum absolute atomic E-state index is 12.4. The predicted octanol–water partition coefficient (Wildman–Crippen LogP) is 3.53. The summed E-state index contributed by atoms with van der Waals surface area (Å²) in [5.74, 6) is -0.774. The van der Waals surface area contributed by atoms with Gasteiger partial charge in [-0.05, 0) is 57.1 Å². The van der Waals surface area contributed by atoms with E-state index in [1.165, 1.54) is 12.1 Å². The first kappa shape index (κ1) is 21.2. The summed E-state index contributed by atoms with van der Waals surface area (Å²) in [7, 11) is 0. The van der Waals surface area contributed by atoms with E-state index in [4.69, 9.17) is 25.9 Å². The normalized spacial score (nSPS) is 20.2. The summed E-state index contributed by atoms with van der Waals surface area (Å²) >= 11 is 6.28. The average Bonchev–Trinajstić information content (AvgIpc) is 2.67. The lowest BCUT2D eigenvalue weighted by molar-refractivity contribution is -0.143. The molecule has 1 aliphatic carbocycles. The average molecular weight is 422 g/mol. The third kappa shape index (κ3) is 5.09. The Bertz CT molecular complexity index is 977. The largest absolute Gasteiger partial charge is 0.481 e. The summed E-state index contributed by atoms with van der Waals surface area (Å²) in [6.07, 6.45) is 2.04. The lowest BCUT2D eigenvalue weighted by Crippen LogP contribution is -2.39. The number of fused-ring (bicyclic) bond motifs is 1. The molecule has 0 aliphatic heterocycles. The molecule has 1 fully saturated rings. The van der Waals surface area contributed by atoms with Crippen molar-refractivity contribution in [3.63, 3.8) is 0 Å². The van der Waals surface area contributed by atoms with Crippen LogP contribution in [0.15, 0.2) is 27.4 Å². The van der Waals surface area contributed by atoms with Crippen molar-refractivity contribution in [1.82, 2.24) is 5.32 Å². The Labute approximate surface area is 173 Å². The number of carboxylic acids is 1. The number of hydrogen-bond donors (Lipinski definition) is 2.